The normalized spacial score (nSPS) is 17.4. The number of hydrogen-bond acceptors (Lipinski definition) is 3. The van der Waals surface area contributed by atoms with E-state index < -0.39 is 0 Å². The highest BCUT2D eigenvalue weighted by molar-refractivity contribution is 5.76. The topological polar surface area (TPSA) is 45.2 Å². The number of aryl methyl sites for hydroxylation is 1. The number of hydrogen-bond donors (Lipinski definition) is 1. The Morgan fingerprint density at radius 2 is 2.12 bits per heavy atom. The lowest BCUT2D eigenvalue weighted by atomic mass is 9.91. The number of nitrogens with zero attached hydrogens (tertiary/aromatic N) is 2. The molecule has 0 radical (unpaired) electrons. The van der Waals surface area contributed by atoms with Crippen LogP contribution in [0.2, 0.25) is 0 Å². The summed E-state index contributed by atoms with van der Waals surface area (Å²) in [5.74, 6) is 1.15. The van der Waals surface area contributed by atoms with Crippen LogP contribution in [-0.4, -0.2) is 35.9 Å². The molecule has 2 heterocycles. The number of piperidine rings is 1. The highest BCUT2D eigenvalue weighted by Gasteiger charge is 2.24. The Hall–Kier alpha value is -2.43. The minimum Gasteiger partial charge on any atom is -0.373 e. The van der Waals surface area contributed by atoms with E-state index in [0.29, 0.717) is 18.8 Å². The average molecular weight is 341 g/mol. The molecule has 5 heteroatoms. The first-order valence-corrected chi connectivity index (χ1v) is 8.81. The van der Waals surface area contributed by atoms with Crippen molar-refractivity contribution in [1.82, 2.24) is 9.88 Å². The van der Waals surface area contributed by atoms with Gasteiger partial charge in [0.2, 0.25) is 5.91 Å². The summed E-state index contributed by atoms with van der Waals surface area (Å²) in [4.78, 5) is 18.8. The van der Waals surface area contributed by atoms with E-state index in [0.717, 1.165) is 37.3 Å². The summed E-state index contributed by atoms with van der Waals surface area (Å²) < 4.78 is 13.0. The predicted octanol–water partition coefficient (Wildman–Crippen LogP) is 3.60. The number of nitrogens with one attached hydrogen (secondary N) is 1. The van der Waals surface area contributed by atoms with Crippen LogP contribution in [0.4, 0.5) is 10.2 Å². The van der Waals surface area contributed by atoms with Crippen molar-refractivity contribution in [3.63, 3.8) is 0 Å². The summed E-state index contributed by atoms with van der Waals surface area (Å²) in [7, 11) is 1.86. The molecule has 3 rings (SSSR count). The van der Waals surface area contributed by atoms with Crippen molar-refractivity contribution in [2.24, 2.45) is 0 Å². The molecule has 1 fully saturated rings. The average Bonchev–Trinajstić information content (AvgIpc) is 2.67. The molecule has 1 aromatic carbocycles. The van der Waals surface area contributed by atoms with Gasteiger partial charge < -0.3 is 10.2 Å². The Bertz CT molecular complexity index is 717. The lowest BCUT2D eigenvalue weighted by Gasteiger charge is -2.33. The van der Waals surface area contributed by atoms with E-state index in [1.54, 1.807) is 12.1 Å². The summed E-state index contributed by atoms with van der Waals surface area (Å²) in [6, 6.07) is 10.5. The summed E-state index contributed by atoms with van der Waals surface area (Å²) in [6.45, 7) is 1.58. The van der Waals surface area contributed by atoms with Crippen molar-refractivity contribution in [2.75, 3.05) is 25.5 Å². The molecule has 1 amide bonds. The molecule has 1 aromatic heterocycles. The van der Waals surface area contributed by atoms with Gasteiger partial charge in [-0.3, -0.25) is 4.79 Å². The first-order valence-electron chi connectivity index (χ1n) is 8.81. The molecule has 1 saturated heterocycles. The van der Waals surface area contributed by atoms with Crippen LogP contribution in [0, 0.1) is 5.82 Å². The molecular weight excluding hydrogens is 317 g/mol. The van der Waals surface area contributed by atoms with Crippen LogP contribution in [0.25, 0.3) is 0 Å². The standard InChI is InChI=1S/C20H24FN3O/c1-22-19-13-16(10-11-23-19)17-3-2-12-24(14-17)20(25)9-6-15-4-7-18(21)8-5-15/h4-5,7-8,10-11,13,17H,2-3,6,9,12,14H2,1H3,(H,22,23). The predicted molar refractivity (Wildman–Crippen MR) is 97.1 cm³/mol. The van der Waals surface area contributed by atoms with Crippen molar-refractivity contribution in [3.8, 4) is 0 Å². The maximum Gasteiger partial charge on any atom is 0.222 e. The fraction of sp³-hybridized carbons (Fsp3) is 0.400. The fourth-order valence-electron chi connectivity index (χ4n) is 3.37. The largest absolute Gasteiger partial charge is 0.373 e. The molecule has 0 spiro atoms. The number of pyridine rings is 1. The molecule has 0 aliphatic carbocycles. The highest BCUT2D eigenvalue weighted by Crippen LogP contribution is 2.28. The molecule has 4 nitrogen and oxygen atoms in total. The minimum absolute atomic E-state index is 0.178. The van der Waals surface area contributed by atoms with Crippen LogP contribution in [-0.2, 0) is 11.2 Å². The number of aromatic nitrogens is 1. The molecule has 1 atom stereocenters. The van der Waals surface area contributed by atoms with E-state index in [9.17, 15) is 9.18 Å². The Balaban J connectivity index is 1.58. The Morgan fingerprint density at radius 1 is 1.32 bits per heavy atom. The maximum absolute atomic E-state index is 13.0. The monoisotopic (exact) mass is 341 g/mol. The third-order valence-corrected chi connectivity index (χ3v) is 4.83. The molecular formula is C20H24FN3O. The van der Waals surface area contributed by atoms with Gasteiger partial charge in [0.1, 0.15) is 11.6 Å². The molecule has 132 valence electrons. The first kappa shape index (κ1) is 17.4. The highest BCUT2D eigenvalue weighted by atomic mass is 19.1. The fourth-order valence-corrected chi connectivity index (χ4v) is 3.37. The van der Waals surface area contributed by atoms with Gasteiger partial charge in [0.25, 0.3) is 0 Å². The third kappa shape index (κ3) is 4.56. The second-order valence-corrected chi connectivity index (χ2v) is 6.53. The Morgan fingerprint density at radius 3 is 2.88 bits per heavy atom. The van der Waals surface area contributed by atoms with Crippen LogP contribution >= 0.6 is 0 Å². The molecule has 1 aliphatic heterocycles. The van der Waals surface area contributed by atoms with E-state index >= 15 is 0 Å². The zero-order chi connectivity index (χ0) is 17.6. The van der Waals surface area contributed by atoms with E-state index in [-0.39, 0.29) is 11.7 Å². The van der Waals surface area contributed by atoms with Crippen molar-refractivity contribution in [1.29, 1.82) is 0 Å². The van der Waals surface area contributed by atoms with Crippen LogP contribution in [0.3, 0.4) is 0 Å². The molecule has 25 heavy (non-hydrogen) atoms. The number of halogens is 1. The van der Waals surface area contributed by atoms with Gasteiger partial charge in [-0.15, -0.1) is 0 Å². The second kappa shape index (κ2) is 8.10. The number of likely N-dealkylation sites (tertiary alicyclic amines) is 1. The molecule has 0 saturated carbocycles. The second-order valence-electron chi connectivity index (χ2n) is 6.53. The van der Waals surface area contributed by atoms with Gasteiger partial charge in [0.05, 0.1) is 0 Å². The number of rotatable bonds is 5. The maximum atomic E-state index is 13.0. The smallest absolute Gasteiger partial charge is 0.222 e. The summed E-state index contributed by atoms with van der Waals surface area (Å²) >= 11 is 0. The molecule has 1 N–H and O–H groups in total. The van der Waals surface area contributed by atoms with Crippen molar-refractivity contribution < 1.29 is 9.18 Å². The van der Waals surface area contributed by atoms with Gasteiger partial charge in [0.15, 0.2) is 0 Å². The van der Waals surface area contributed by atoms with Gasteiger partial charge >= 0.3 is 0 Å². The molecule has 1 unspecified atom stereocenters. The van der Waals surface area contributed by atoms with E-state index in [2.05, 4.69) is 16.4 Å². The number of carbonyl (C=O) groups is 1. The third-order valence-electron chi connectivity index (χ3n) is 4.83. The van der Waals surface area contributed by atoms with Gasteiger partial charge in [-0.05, 0) is 54.7 Å². The van der Waals surface area contributed by atoms with Crippen molar-refractivity contribution in [2.45, 2.75) is 31.6 Å². The zero-order valence-corrected chi connectivity index (χ0v) is 14.5. The quantitative estimate of drug-likeness (QED) is 0.904. The summed E-state index contributed by atoms with van der Waals surface area (Å²) in [5, 5.41) is 3.06. The van der Waals surface area contributed by atoms with Gasteiger partial charge in [-0.1, -0.05) is 12.1 Å². The van der Waals surface area contributed by atoms with Crippen molar-refractivity contribution >= 4 is 11.7 Å². The van der Waals surface area contributed by atoms with Crippen LogP contribution in [0.5, 0.6) is 0 Å². The van der Waals surface area contributed by atoms with E-state index in [1.165, 1.54) is 17.7 Å². The SMILES string of the molecule is CNc1cc(C2CCCN(C(=O)CCc3ccc(F)cc3)C2)ccn1. The lowest BCUT2D eigenvalue weighted by Crippen LogP contribution is -2.39. The zero-order valence-electron chi connectivity index (χ0n) is 14.5. The Kier molecular flexibility index (Phi) is 5.64. The summed E-state index contributed by atoms with van der Waals surface area (Å²) in [5.41, 5.74) is 2.23. The van der Waals surface area contributed by atoms with E-state index in [4.69, 9.17) is 0 Å². The number of anilines is 1. The minimum atomic E-state index is -0.243. The van der Waals surface area contributed by atoms with Gasteiger partial charge in [-0.2, -0.15) is 0 Å². The van der Waals surface area contributed by atoms with Gasteiger partial charge in [0, 0.05) is 38.7 Å². The van der Waals surface area contributed by atoms with Crippen molar-refractivity contribution in [3.05, 3.63) is 59.5 Å². The Labute approximate surface area is 148 Å². The van der Waals surface area contributed by atoms with Crippen LogP contribution in [0.1, 0.15) is 36.3 Å². The number of amides is 1. The van der Waals surface area contributed by atoms with Crippen LogP contribution < -0.4 is 5.32 Å². The lowest BCUT2D eigenvalue weighted by molar-refractivity contribution is -0.132. The van der Waals surface area contributed by atoms with Gasteiger partial charge in [-0.25, -0.2) is 9.37 Å². The number of benzene rings is 1. The van der Waals surface area contributed by atoms with E-state index in [1.807, 2.05) is 24.2 Å². The molecule has 0 bridgehead atoms. The van der Waals surface area contributed by atoms with Crippen LogP contribution in [0.15, 0.2) is 42.6 Å². The first-order chi connectivity index (χ1) is 12.2. The number of carbonyl (C=O) groups excluding carboxylic acids is 1. The molecule has 2 aromatic rings. The molecule has 1 aliphatic rings. The summed E-state index contributed by atoms with van der Waals surface area (Å²) in [6.07, 6.45) is 5.05.